The minimum absolute atomic E-state index is 0.201. The summed E-state index contributed by atoms with van der Waals surface area (Å²) in [5.41, 5.74) is 3.22. The number of benzene rings is 2. The Labute approximate surface area is 230 Å². The van der Waals surface area contributed by atoms with Crippen molar-refractivity contribution in [2.45, 2.75) is 19.9 Å². The molecule has 5 rings (SSSR count). The summed E-state index contributed by atoms with van der Waals surface area (Å²) in [5.74, 6) is 0.570. The zero-order chi connectivity index (χ0) is 27.5. The highest BCUT2D eigenvalue weighted by Crippen LogP contribution is 2.37. The van der Waals surface area contributed by atoms with Crippen molar-refractivity contribution >= 4 is 29.1 Å². The van der Waals surface area contributed by atoms with Crippen LogP contribution in [0.15, 0.2) is 63.5 Å². The van der Waals surface area contributed by atoms with Gasteiger partial charge in [-0.2, -0.15) is 0 Å². The van der Waals surface area contributed by atoms with Gasteiger partial charge in [-0.05, 0) is 49.8 Å². The molecule has 0 saturated carbocycles. The van der Waals surface area contributed by atoms with E-state index in [0.29, 0.717) is 37.7 Å². The van der Waals surface area contributed by atoms with Gasteiger partial charge in [-0.15, -0.1) is 0 Å². The number of allylic oxidation sites excluding steroid dienone is 1. The third-order valence-electron chi connectivity index (χ3n) is 6.82. The number of thiazole rings is 1. The maximum absolute atomic E-state index is 13.9. The number of hydrogen-bond acceptors (Lipinski definition) is 9. The van der Waals surface area contributed by atoms with Crippen LogP contribution >= 0.6 is 11.3 Å². The predicted octanol–water partition coefficient (Wildman–Crippen LogP) is 2.65. The van der Waals surface area contributed by atoms with E-state index in [4.69, 9.17) is 18.9 Å². The number of carbonyl (C=O) groups excluding carboxylic acids is 1. The summed E-state index contributed by atoms with van der Waals surface area (Å²) in [6, 6.07) is 12.7. The second kappa shape index (κ2) is 11.5. The maximum atomic E-state index is 13.9. The summed E-state index contributed by atoms with van der Waals surface area (Å²) in [5, 5.41) is 0. The molecule has 0 N–H and O–H groups in total. The standard InChI is InChI=1S/C29H31N3O6S/c1-5-38-28(34)25-18(2)30-29-32(26(25)22-11-10-21(35-3)17-23(22)36-4)27(33)24(39-29)16-19-6-8-20(9-7-19)31-12-14-37-15-13-31/h6-11,16-17,26H,5,12-15H2,1-4H3/b24-16+/t26-/m0/s1. The fraction of sp³-hybridized carbons (Fsp3) is 0.345. The van der Waals surface area contributed by atoms with Crippen LogP contribution in [0.1, 0.15) is 31.0 Å². The van der Waals surface area contributed by atoms with Gasteiger partial charge in [0.2, 0.25) is 0 Å². The van der Waals surface area contributed by atoms with Gasteiger partial charge in [-0.3, -0.25) is 9.36 Å². The number of hydrogen-bond donors (Lipinski definition) is 0. The third-order valence-corrected chi connectivity index (χ3v) is 7.80. The van der Waals surface area contributed by atoms with Crippen LogP contribution in [0.3, 0.4) is 0 Å². The van der Waals surface area contributed by atoms with Crippen LogP contribution < -0.4 is 29.3 Å². The van der Waals surface area contributed by atoms with Gasteiger partial charge in [0, 0.05) is 30.4 Å². The average Bonchev–Trinajstić information content (AvgIpc) is 3.26. The summed E-state index contributed by atoms with van der Waals surface area (Å²) in [6.07, 6.45) is 1.86. The molecule has 1 fully saturated rings. The number of fused-ring (bicyclic) bond motifs is 1. The van der Waals surface area contributed by atoms with Crippen molar-refractivity contribution in [1.82, 2.24) is 4.57 Å². The summed E-state index contributed by atoms with van der Waals surface area (Å²) in [6.45, 7) is 6.86. The SMILES string of the molecule is CCOC(=O)C1=C(C)N=c2s/c(=C/c3ccc(N4CCOCC4)cc3)c(=O)n2[C@H]1c1ccc(OC)cc1OC. The van der Waals surface area contributed by atoms with Gasteiger partial charge >= 0.3 is 5.97 Å². The highest BCUT2D eigenvalue weighted by molar-refractivity contribution is 7.07. The molecule has 1 aromatic heterocycles. The Kier molecular flexibility index (Phi) is 7.85. The molecule has 1 atom stereocenters. The molecule has 0 radical (unpaired) electrons. The number of ether oxygens (including phenoxy) is 4. The van der Waals surface area contributed by atoms with Crippen molar-refractivity contribution in [2.24, 2.45) is 4.99 Å². The summed E-state index contributed by atoms with van der Waals surface area (Å²) in [4.78, 5) is 34.5. The second-order valence-corrected chi connectivity index (χ2v) is 10.1. The molecule has 0 unspecified atom stereocenters. The number of esters is 1. The Bertz CT molecular complexity index is 1580. The van der Waals surface area contributed by atoms with Gasteiger partial charge in [-0.25, -0.2) is 9.79 Å². The highest BCUT2D eigenvalue weighted by Gasteiger charge is 2.35. The fourth-order valence-electron chi connectivity index (χ4n) is 4.88. The van der Waals surface area contributed by atoms with Crippen molar-refractivity contribution in [2.75, 3.05) is 52.0 Å². The van der Waals surface area contributed by atoms with E-state index in [0.717, 1.165) is 37.6 Å². The lowest BCUT2D eigenvalue weighted by atomic mass is 9.95. The molecule has 0 spiro atoms. The van der Waals surface area contributed by atoms with Gasteiger partial charge in [0.25, 0.3) is 5.56 Å². The van der Waals surface area contributed by atoms with E-state index in [1.807, 2.05) is 24.3 Å². The minimum Gasteiger partial charge on any atom is -0.497 e. The number of aromatic nitrogens is 1. The lowest BCUT2D eigenvalue weighted by molar-refractivity contribution is -0.139. The molecule has 3 heterocycles. The third kappa shape index (κ3) is 5.22. The second-order valence-electron chi connectivity index (χ2n) is 9.10. The molecule has 9 nitrogen and oxygen atoms in total. The Morgan fingerprint density at radius 3 is 2.54 bits per heavy atom. The fourth-order valence-corrected chi connectivity index (χ4v) is 5.93. The molecule has 39 heavy (non-hydrogen) atoms. The molecule has 3 aromatic rings. The van der Waals surface area contributed by atoms with Crippen LogP contribution in [-0.4, -0.2) is 57.7 Å². The molecule has 2 aromatic carbocycles. The largest absolute Gasteiger partial charge is 0.497 e. The van der Waals surface area contributed by atoms with Gasteiger partial charge in [0.1, 0.15) is 17.5 Å². The Morgan fingerprint density at radius 1 is 1.13 bits per heavy atom. The average molecular weight is 550 g/mol. The normalized spacial score (nSPS) is 17.5. The van der Waals surface area contributed by atoms with Crippen LogP contribution in [0.2, 0.25) is 0 Å². The van der Waals surface area contributed by atoms with Crippen molar-refractivity contribution in [3.8, 4) is 11.5 Å². The zero-order valence-corrected chi connectivity index (χ0v) is 23.2. The van der Waals surface area contributed by atoms with E-state index < -0.39 is 12.0 Å². The van der Waals surface area contributed by atoms with Gasteiger partial charge in [-0.1, -0.05) is 23.5 Å². The van der Waals surface area contributed by atoms with Crippen LogP contribution in [0.5, 0.6) is 11.5 Å². The quantitative estimate of drug-likeness (QED) is 0.419. The highest BCUT2D eigenvalue weighted by atomic mass is 32.1. The molecule has 10 heteroatoms. The lowest BCUT2D eigenvalue weighted by Crippen LogP contribution is -2.40. The first-order chi connectivity index (χ1) is 18.9. The number of morpholine rings is 1. The van der Waals surface area contributed by atoms with E-state index in [2.05, 4.69) is 22.0 Å². The Hall–Kier alpha value is -3.89. The summed E-state index contributed by atoms with van der Waals surface area (Å²) < 4.78 is 23.9. The molecule has 2 aliphatic heterocycles. The first-order valence-corrected chi connectivity index (χ1v) is 13.6. The van der Waals surface area contributed by atoms with Crippen LogP contribution in [0.4, 0.5) is 5.69 Å². The smallest absolute Gasteiger partial charge is 0.338 e. The number of anilines is 1. The summed E-state index contributed by atoms with van der Waals surface area (Å²) in [7, 11) is 3.11. The molecule has 0 aliphatic carbocycles. The first-order valence-electron chi connectivity index (χ1n) is 12.8. The number of rotatable bonds is 7. The van der Waals surface area contributed by atoms with Crippen molar-refractivity contribution < 1.29 is 23.7 Å². The molecule has 0 amide bonds. The monoisotopic (exact) mass is 549 g/mol. The van der Waals surface area contributed by atoms with Crippen LogP contribution in [0, 0.1) is 0 Å². The molecule has 204 valence electrons. The van der Waals surface area contributed by atoms with Crippen molar-refractivity contribution in [3.05, 3.63) is 84.5 Å². The zero-order valence-electron chi connectivity index (χ0n) is 22.4. The molecule has 0 bridgehead atoms. The Morgan fingerprint density at radius 2 is 1.87 bits per heavy atom. The topological polar surface area (TPSA) is 91.6 Å². The van der Waals surface area contributed by atoms with Crippen molar-refractivity contribution in [1.29, 1.82) is 0 Å². The van der Waals surface area contributed by atoms with Crippen LogP contribution in [-0.2, 0) is 14.3 Å². The predicted molar refractivity (Wildman–Crippen MR) is 149 cm³/mol. The Balaban J connectivity index is 1.62. The van der Waals surface area contributed by atoms with E-state index >= 15 is 0 Å². The van der Waals surface area contributed by atoms with E-state index in [9.17, 15) is 9.59 Å². The van der Waals surface area contributed by atoms with Gasteiger partial charge in [0.15, 0.2) is 4.80 Å². The number of methoxy groups -OCH3 is 2. The van der Waals surface area contributed by atoms with Crippen molar-refractivity contribution in [3.63, 3.8) is 0 Å². The van der Waals surface area contributed by atoms with E-state index in [-0.39, 0.29) is 12.2 Å². The number of carbonyl (C=O) groups is 1. The molecular formula is C29H31N3O6S. The minimum atomic E-state index is -0.771. The van der Waals surface area contributed by atoms with E-state index in [1.165, 1.54) is 11.3 Å². The molecule has 1 saturated heterocycles. The van der Waals surface area contributed by atoms with Gasteiger partial charge in [0.05, 0.1) is 49.8 Å². The number of nitrogens with zero attached hydrogens (tertiary/aromatic N) is 3. The van der Waals surface area contributed by atoms with E-state index in [1.54, 1.807) is 44.8 Å². The maximum Gasteiger partial charge on any atom is 0.338 e. The lowest BCUT2D eigenvalue weighted by Gasteiger charge is -2.28. The molecule has 2 aliphatic rings. The van der Waals surface area contributed by atoms with Crippen LogP contribution in [0.25, 0.3) is 6.08 Å². The summed E-state index contributed by atoms with van der Waals surface area (Å²) >= 11 is 1.29. The van der Waals surface area contributed by atoms with Gasteiger partial charge < -0.3 is 23.8 Å². The molecular weight excluding hydrogens is 518 g/mol. The first kappa shape index (κ1) is 26.7.